The molecule has 0 aliphatic heterocycles. The van der Waals surface area contributed by atoms with Crippen molar-refractivity contribution in [2.45, 2.75) is 25.5 Å². The first-order chi connectivity index (χ1) is 8.82. The van der Waals surface area contributed by atoms with E-state index in [0.29, 0.717) is 6.54 Å². The SMILES string of the molecule is C=CCOC(=O)N(CC=C)CC=N[S@@](=O)C(C)(C)C. The minimum absolute atomic E-state index is 0.150. The van der Waals surface area contributed by atoms with Gasteiger partial charge in [0, 0.05) is 12.8 Å². The van der Waals surface area contributed by atoms with E-state index in [1.807, 2.05) is 20.8 Å². The normalized spacial score (nSPS) is 13.0. The third-order valence-corrected chi connectivity index (χ3v) is 3.32. The zero-order chi connectivity index (χ0) is 14.9. The van der Waals surface area contributed by atoms with Crippen LogP contribution in [0.15, 0.2) is 29.7 Å². The molecule has 6 heteroatoms. The molecule has 0 aliphatic carbocycles. The lowest BCUT2D eigenvalue weighted by Crippen LogP contribution is -2.33. The van der Waals surface area contributed by atoms with Crippen molar-refractivity contribution in [2.24, 2.45) is 4.40 Å². The van der Waals surface area contributed by atoms with Crippen LogP contribution in [0.5, 0.6) is 0 Å². The number of nitrogens with zero attached hydrogens (tertiary/aromatic N) is 2. The van der Waals surface area contributed by atoms with Crippen molar-refractivity contribution in [3.63, 3.8) is 0 Å². The Balaban J connectivity index is 4.47. The Morgan fingerprint density at radius 3 is 2.42 bits per heavy atom. The molecule has 0 heterocycles. The van der Waals surface area contributed by atoms with Crippen molar-refractivity contribution in [3.05, 3.63) is 25.3 Å². The second kappa shape index (κ2) is 8.63. The van der Waals surface area contributed by atoms with E-state index in [2.05, 4.69) is 17.6 Å². The number of rotatable bonds is 7. The molecule has 1 amide bonds. The van der Waals surface area contributed by atoms with E-state index in [0.717, 1.165) is 0 Å². The number of amides is 1. The van der Waals surface area contributed by atoms with Gasteiger partial charge in [-0.1, -0.05) is 18.7 Å². The number of carbonyl (C=O) groups excluding carboxylic acids is 1. The van der Waals surface area contributed by atoms with Crippen LogP contribution in [0, 0.1) is 0 Å². The number of hydrogen-bond acceptors (Lipinski definition) is 3. The predicted octanol–water partition coefficient (Wildman–Crippen LogP) is 2.33. The van der Waals surface area contributed by atoms with Gasteiger partial charge in [-0.25, -0.2) is 9.00 Å². The van der Waals surface area contributed by atoms with E-state index in [1.165, 1.54) is 17.2 Å². The monoisotopic (exact) mass is 286 g/mol. The minimum atomic E-state index is -1.33. The molecule has 19 heavy (non-hydrogen) atoms. The van der Waals surface area contributed by atoms with Gasteiger partial charge in [0.1, 0.15) is 17.6 Å². The van der Waals surface area contributed by atoms with E-state index in [9.17, 15) is 9.00 Å². The first kappa shape index (κ1) is 17.6. The van der Waals surface area contributed by atoms with E-state index >= 15 is 0 Å². The average Bonchev–Trinajstić information content (AvgIpc) is 2.33. The topological polar surface area (TPSA) is 59.0 Å². The maximum absolute atomic E-state index is 11.7. The largest absolute Gasteiger partial charge is 0.445 e. The maximum atomic E-state index is 11.7. The maximum Gasteiger partial charge on any atom is 0.410 e. The zero-order valence-corrected chi connectivity index (χ0v) is 12.6. The lowest BCUT2D eigenvalue weighted by Gasteiger charge is -2.18. The summed E-state index contributed by atoms with van der Waals surface area (Å²) in [6, 6.07) is 0. The van der Waals surface area contributed by atoms with Crippen molar-refractivity contribution < 1.29 is 13.7 Å². The van der Waals surface area contributed by atoms with Crippen LogP contribution in [0.25, 0.3) is 0 Å². The lowest BCUT2D eigenvalue weighted by molar-refractivity contribution is 0.122. The zero-order valence-electron chi connectivity index (χ0n) is 11.8. The van der Waals surface area contributed by atoms with Gasteiger partial charge in [0.15, 0.2) is 0 Å². The molecule has 0 aliphatic rings. The van der Waals surface area contributed by atoms with Gasteiger partial charge in [-0.3, -0.25) is 4.90 Å². The van der Waals surface area contributed by atoms with Crippen molar-refractivity contribution in [2.75, 3.05) is 19.7 Å². The smallest absolute Gasteiger partial charge is 0.410 e. The van der Waals surface area contributed by atoms with Gasteiger partial charge in [-0.2, -0.15) is 4.40 Å². The summed E-state index contributed by atoms with van der Waals surface area (Å²) < 4.78 is 20.1. The van der Waals surface area contributed by atoms with Crippen LogP contribution >= 0.6 is 0 Å². The molecule has 0 bridgehead atoms. The molecule has 1 atom stereocenters. The second-order valence-electron chi connectivity index (χ2n) is 4.71. The molecule has 0 saturated carbocycles. The van der Waals surface area contributed by atoms with Crippen LogP contribution < -0.4 is 0 Å². The highest BCUT2D eigenvalue weighted by molar-refractivity contribution is 7.85. The van der Waals surface area contributed by atoms with E-state index in [1.54, 1.807) is 6.08 Å². The number of hydrogen-bond donors (Lipinski definition) is 0. The Hall–Kier alpha value is -1.43. The summed E-state index contributed by atoms with van der Waals surface area (Å²) in [6.45, 7) is 13.3. The van der Waals surface area contributed by atoms with Gasteiger partial charge in [0.25, 0.3) is 0 Å². The molecular formula is C13H22N2O3S. The average molecular weight is 286 g/mol. The van der Waals surface area contributed by atoms with Crippen molar-refractivity contribution in [1.82, 2.24) is 4.90 Å². The summed E-state index contributed by atoms with van der Waals surface area (Å²) >= 11 is 0. The van der Waals surface area contributed by atoms with Gasteiger partial charge in [-0.05, 0) is 20.8 Å². The van der Waals surface area contributed by atoms with Crippen LogP contribution in [0.4, 0.5) is 4.79 Å². The summed E-state index contributed by atoms with van der Waals surface area (Å²) in [6.07, 6.45) is 4.06. The van der Waals surface area contributed by atoms with Crippen molar-refractivity contribution in [1.29, 1.82) is 0 Å². The Morgan fingerprint density at radius 2 is 1.95 bits per heavy atom. The van der Waals surface area contributed by atoms with Gasteiger partial charge >= 0.3 is 6.09 Å². The third kappa shape index (κ3) is 7.56. The van der Waals surface area contributed by atoms with Crippen molar-refractivity contribution in [3.8, 4) is 0 Å². The van der Waals surface area contributed by atoms with Gasteiger partial charge in [0.05, 0.1) is 11.3 Å². The van der Waals surface area contributed by atoms with Crippen LogP contribution in [-0.4, -0.2) is 45.9 Å². The van der Waals surface area contributed by atoms with Crippen LogP contribution in [-0.2, 0) is 15.7 Å². The Kier molecular flexibility index (Phi) is 7.98. The summed E-state index contributed by atoms with van der Waals surface area (Å²) in [4.78, 5) is 13.0. The molecular weight excluding hydrogens is 264 g/mol. The van der Waals surface area contributed by atoms with E-state index < -0.39 is 21.8 Å². The van der Waals surface area contributed by atoms with Crippen LogP contribution in [0.1, 0.15) is 20.8 Å². The Labute approximate surface area is 117 Å². The first-order valence-electron chi connectivity index (χ1n) is 5.91. The van der Waals surface area contributed by atoms with Gasteiger partial charge < -0.3 is 4.74 Å². The molecule has 0 spiro atoms. The molecule has 108 valence electrons. The fraction of sp³-hybridized carbons (Fsp3) is 0.538. The first-order valence-corrected chi connectivity index (χ1v) is 7.01. The molecule has 0 aromatic heterocycles. The summed E-state index contributed by atoms with van der Waals surface area (Å²) in [7, 11) is -1.33. The second-order valence-corrected chi connectivity index (χ2v) is 6.64. The molecule has 0 aromatic carbocycles. The molecule has 5 nitrogen and oxygen atoms in total. The molecule has 0 radical (unpaired) electrons. The van der Waals surface area contributed by atoms with Gasteiger partial charge in [-0.15, -0.1) is 6.58 Å². The molecule has 0 aromatic rings. The highest BCUT2D eigenvalue weighted by Gasteiger charge is 2.18. The fourth-order valence-electron chi connectivity index (χ4n) is 0.959. The van der Waals surface area contributed by atoms with Crippen LogP contribution in [0.2, 0.25) is 0 Å². The van der Waals surface area contributed by atoms with Crippen LogP contribution in [0.3, 0.4) is 0 Å². The van der Waals surface area contributed by atoms with E-state index in [4.69, 9.17) is 4.74 Å². The Morgan fingerprint density at radius 1 is 1.32 bits per heavy atom. The quantitative estimate of drug-likeness (QED) is 0.533. The molecule has 0 saturated heterocycles. The van der Waals surface area contributed by atoms with Crippen molar-refractivity contribution >= 4 is 23.3 Å². The Bertz CT molecular complexity index is 373. The molecule has 0 rings (SSSR count). The molecule has 0 unspecified atom stereocenters. The predicted molar refractivity (Wildman–Crippen MR) is 79.7 cm³/mol. The number of ether oxygens (including phenoxy) is 1. The lowest BCUT2D eigenvalue weighted by atomic mass is 10.3. The molecule has 0 fully saturated rings. The summed E-state index contributed by atoms with van der Waals surface area (Å²) in [5.74, 6) is 0. The highest BCUT2D eigenvalue weighted by Crippen LogP contribution is 2.11. The fourth-order valence-corrected chi connectivity index (χ4v) is 1.48. The minimum Gasteiger partial charge on any atom is -0.445 e. The third-order valence-electron chi connectivity index (χ3n) is 1.93. The van der Waals surface area contributed by atoms with E-state index in [-0.39, 0.29) is 13.2 Å². The summed E-state index contributed by atoms with van der Waals surface area (Å²) in [5, 5.41) is 0. The number of carbonyl (C=O) groups is 1. The molecule has 0 N–H and O–H groups in total. The standard InChI is InChI=1S/C13H22N2O3S/c1-6-9-15(12(16)18-11-7-2)10-8-14-19(17)13(3,4)5/h6-8H,1-2,9-11H2,3-5H3/t19-/m0/s1. The highest BCUT2D eigenvalue weighted by atomic mass is 32.2. The van der Waals surface area contributed by atoms with Gasteiger partial charge in [0.2, 0.25) is 0 Å². The summed E-state index contributed by atoms with van der Waals surface area (Å²) in [5.41, 5.74) is 0.